The normalized spacial score (nSPS) is 21.8. The van der Waals surface area contributed by atoms with Crippen LogP contribution in [-0.2, 0) is 16.1 Å². The van der Waals surface area contributed by atoms with Crippen molar-refractivity contribution in [1.82, 2.24) is 20.1 Å². The van der Waals surface area contributed by atoms with Crippen molar-refractivity contribution in [3.8, 4) is 11.6 Å². The molecule has 10 heteroatoms. The zero-order valence-corrected chi connectivity index (χ0v) is 19.3. The average molecular weight is 459 g/mol. The molecule has 1 aromatic carbocycles. The van der Waals surface area contributed by atoms with Gasteiger partial charge in [-0.1, -0.05) is 0 Å². The SMILES string of the molecule is COc1ccc2c(O)n(CC3(C4CCN(C(=O)OC(C)(C)C)CC4)NC(=O)NC3=O)cc2c1. The lowest BCUT2D eigenvalue weighted by atomic mass is 9.77. The minimum atomic E-state index is -1.24. The van der Waals surface area contributed by atoms with Gasteiger partial charge in [-0.2, -0.15) is 0 Å². The van der Waals surface area contributed by atoms with E-state index in [1.54, 1.807) is 41.0 Å². The molecule has 2 aliphatic rings. The Morgan fingerprint density at radius 1 is 1.24 bits per heavy atom. The molecule has 0 spiro atoms. The second kappa shape index (κ2) is 8.17. The Balaban J connectivity index is 1.58. The molecule has 1 aromatic heterocycles. The maximum absolute atomic E-state index is 13.0. The lowest BCUT2D eigenvalue weighted by Gasteiger charge is -2.41. The van der Waals surface area contributed by atoms with Crippen LogP contribution in [0.25, 0.3) is 10.8 Å². The summed E-state index contributed by atoms with van der Waals surface area (Å²) in [5.74, 6) is -0.0111. The van der Waals surface area contributed by atoms with E-state index in [-0.39, 0.29) is 18.3 Å². The Morgan fingerprint density at radius 2 is 1.94 bits per heavy atom. The van der Waals surface area contributed by atoms with Crippen molar-refractivity contribution in [2.24, 2.45) is 5.92 Å². The number of imide groups is 1. The van der Waals surface area contributed by atoms with E-state index < -0.39 is 29.2 Å². The fourth-order valence-corrected chi connectivity index (χ4v) is 4.67. The molecule has 4 amide bonds. The van der Waals surface area contributed by atoms with Crippen LogP contribution in [0, 0.1) is 5.92 Å². The number of carbonyl (C=O) groups is 3. The van der Waals surface area contributed by atoms with E-state index in [0.717, 1.165) is 5.39 Å². The molecule has 1 atom stereocenters. The van der Waals surface area contributed by atoms with Crippen molar-refractivity contribution >= 4 is 28.8 Å². The van der Waals surface area contributed by atoms with E-state index in [1.807, 2.05) is 20.8 Å². The Morgan fingerprint density at radius 3 is 2.52 bits per heavy atom. The monoisotopic (exact) mass is 458 g/mol. The van der Waals surface area contributed by atoms with Gasteiger partial charge < -0.3 is 29.4 Å². The van der Waals surface area contributed by atoms with Gasteiger partial charge in [0, 0.05) is 30.1 Å². The first-order valence-electron chi connectivity index (χ1n) is 11.0. The highest BCUT2D eigenvalue weighted by molar-refractivity contribution is 6.07. The van der Waals surface area contributed by atoms with Crippen molar-refractivity contribution in [2.45, 2.75) is 51.3 Å². The first kappa shape index (κ1) is 22.8. The molecule has 3 heterocycles. The Hall–Kier alpha value is -3.43. The van der Waals surface area contributed by atoms with Crippen LogP contribution in [-0.4, -0.2) is 63.9 Å². The highest BCUT2D eigenvalue weighted by Gasteiger charge is 2.53. The van der Waals surface area contributed by atoms with Gasteiger partial charge in [0.2, 0.25) is 0 Å². The highest BCUT2D eigenvalue weighted by atomic mass is 16.6. The number of carbonyl (C=O) groups excluding carboxylic acids is 3. The summed E-state index contributed by atoms with van der Waals surface area (Å²) in [5.41, 5.74) is -1.83. The second-order valence-electron chi connectivity index (χ2n) is 9.66. The molecule has 0 saturated carbocycles. The van der Waals surface area contributed by atoms with Gasteiger partial charge in [-0.05, 0) is 57.7 Å². The van der Waals surface area contributed by atoms with Crippen LogP contribution in [0.15, 0.2) is 24.4 Å². The maximum atomic E-state index is 13.0. The van der Waals surface area contributed by atoms with Gasteiger partial charge in [-0.15, -0.1) is 0 Å². The van der Waals surface area contributed by atoms with Crippen LogP contribution in [0.3, 0.4) is 0 Å². The van der Waals surface area contributed by atoms with Gasteiger partial charge in [-0.25, -0.2) is 9.59 Å². The van der Waals surface area contributed by atoms with Crippen molar-refractivity contribution in [3.05, 3.63) is 24.4 Å². The Labute approximate surface area is 191 Å². The number of likely N-dealkylation sites (tertiary alicyclic amines) is 1. The highest BCUT2D eigenvalue weighted by Crippen LogP contribution is 2.36. The van der Waals surface area contributed by atoms with E-state index in [2.05, 4.69) is 10.6 Å². The maximum Gasteiger partial charge on any atom is 0.410 e. The molecule has 2 aliphatic heterocycles. The number of amides is 4. The predicted molar refractivity (Wildman–Crippen MR) is 120 cm³/mol. The van der Waals surface area contributed by atoms with Gasteiger partial charge in [0.05, 0.1) is 13.7 Å². The number of ether oxygens (including phenoxy) is 2. The molecule has 0 aliphatic carbocycles. The Bertz CT molecular complexity index is 1100. The van der Waals surface area contributed by atoms with E-state index >= 15 is 0 Å². The number of fused-ring (bicyclic) bond motifs is 1. The molecule has 0 radical (unpaired) electrons. The molecule has 33 heavy (non-hydrogen) atoms. The lowest BCUT2D eigenvalue weighted by molar-refractivity contribution is -0.127. The molecular formula is C23H30N4O6. The van der Waals surface area contributed by atoms with Crippen molar-refractivity contribution in [1.29, 1.82) is 0 Å². The first-order chi connectivity index (χ1) is 15.5. The third-order valence-electron chi connectivity index (χ3n) is 6.30. The van der Waals surface area contributed by atoms with Crippen molar-refractivity contribution < 1.29 is 29.0 Å². The number of benzene rings is 1. The lowest BCUT2D eigenvalue weighted by Crippen LogP contribution is -2.59. The molecule has 0 bridgehead atoms. The number of hydrogen-bond donors (Lipinski definition) is 3. The number of hydrogen-bond acceptors (Lipinski definition) is 6. The van der Waals surface area contributed by atoms with Crippen LogP contribution in [0.5, 0.6) is 11.6 Å². The number of nitrogens with zero attached hydrogens (tertiary/aromatic N) is 2. The van der Waals surface area contributed by atoms with Crippen LogP contribution >= 0.6 is 0 Å². The zero-order chi connectivity index (χ0) is 24.0. The topological polar surface area (TPSA) is 122 Å². The largest absolute Gasteiger partial charge is 0.497 e. The van der Waals surface area contributed by atoms with Gasteiger partial charge in [0.25, 0.3) is 5.91 Å². The smallest absolute Gasteiger partial charge is 0.410 e. The fraction of sp³-hybridized carbons (Fsp3) is 0.522. The molecule has 2 fully saturated rings. The van der Waals surface area contributed by atoms with Crippen LogP contribution in [0.1, 0.15) is 33.6 Å². The van der Waals surface area contributed by atoms with Gasteiger partial charge in [-0.3, -0.25) is 10.1 Å². The van der Waals surface area contributed by atoms with E-state index in [1.165, 1.54) is 0 Å². The first-order valence-corrected chi connectivity index (χ1v) is 11.0. The van der Waals surface area contributed by atoms with E-state index in [0.29, 0.717) is 37.1 Å². The number of nitrogens with one attached hydrogen (secondary N) is 2. The second-order valence-corrected chi connectivity index (χ2v) is 9.66. The van der Waals surface area contributed by atoms with Crippen LogP contribution in [0.4, 0.5) is 9.59 Å². The van der Waals surface area contributed by atoms with Gasteiger partial charge in [0.1, 0.15) is 16.9 Å². The number of urea groups is 1. The standard InChI is InChI=1S/C23H30N4O6/c1-22(2,3)33-21(31)26-9-7-15(8-10-26)23(19(29)24-20(30)25-23)13-27-12-14-11-16(32-4)5-6-17(14)18(27)28/h5-6,11-12,15,28H,7-10,13H2,1-4H3,(H2,24,25,29,30). The summed E-state index contributed by atoms with van der Waals surface area (Å²) in [4.78, 5) is 39.2. The molecule has 2 aromatic rings. The summed E-state index contributed by atoms with van der Waals surface area (Å²) in [6, 6.07) is 4.73. The molecule has 3 N–H and O–H groups in total. The summed E-state index contributed by atoms with van der Waals surface area (Å²) in [7, 11) is 1.56. The molecule has 10 nitrogen and oxygen atoms in total. The van der Waals surface area contributed by atoms with Gasteiger partial charge in [0.15, 0.2) is 5.88 Å². The summed E-state index contributed by atoms with van der Waals surface area (Å²) in [5, 5.41) is 17.4. The molecule has 178 valence electrons. The minimum absolute atomic E-state index is 0.00664. The number of aromatic nitrogens is 1. The zero-order valence-electron chi connectivity index (χ0n) is 19.3. The van der Waals surface area contributed by atoms with Crippen molar-refractivity contribution in [2.75, 3.05) is 20.2 Å². The molecule has 1 unspecified atom stereocenters. The van der Waals surface area contributed by atoms with Gasteiger partial charge >= 0.3 is 12.1 Å². The molecule has 4 rings (SSSR count). The third kappa shape index (κ3) is 4.29. The molecule has 2 saturated heterocycles. The molecular weight excluding hydrogens is 428 g/mol. The number of piperidine rings is 1. The summed E-state index contributed by atoms with van der Waals surface area (Å²) >= 11 is 0. The third-order valence-corrected chi connectivity index (χ3v) is 6.30. The number of aromatic hydroxyl groups is 1. The predicted octanol–water partition coefficient (Wildman–Crippen LogP) is 2.58. The quantitative estimate of drug-likeness (QED) is 0.606. The number of rotatable bonds is 4. The summed E-state index contributed by atoms with van der Waals surface area (Å²) in [6.45, 7) is 6.31. The van der Waals surface area contributed by atoms with Crippen LogP contribution in [0.2, 0.25) is 0 Å². The van der Waals surface area contributed by atoms with Crippen LogP contribution < -0.4 is 15.4 Å². The minimum Gasteiger partial charge on any atom is -0.497 e. The van der Waals surface area contributed by atoms with Crippen molar-refractivity contribution in [3.63, 3.8) is 0 Å². The summed E-state index contributed by atoms with van der Waals surface area (Å²) < 4.78 is 12.3. The number of methoxy groups -OCH3 is 1. The van der Waals surface area contributed by atoms with E-state index in [9.17, 15) is 19.5 Å². The fourth-order valence-electron chi connectivity index (χ4n) is 4.67. The Kier molecular flexibility index (Phi) is 5.63. The summed E-state index contributed by atoms with van der Waals surface area (Å²) in [6.07, 6.45) is 2.35. The average Bonchev–Trinajstić information content (AvgIpc) is 3.22. The van der Waals surface area contributed by atoms with E-state index in [4.69, 9.17) is 9.47 Å².